The minimum Gasteiger partial charge on any atom is -0.486 e. The van der Waals surface area contributed by atoms with E-state index in [1.807, 2.05) is 60.9 Å². The number of halogens is 1. The minimum atomic E-state index is 0.0160. The molecule has 1 atom stereocenters. The van der Waals surface area contributed by atoms with Crippen molar-refractivity contribution in [3.63, 3.8) is 0 Å². The zero-order chi connectivity index (χ0) is 19.3. The molecule has 0 amide bonds. The number of aromatic nitrogens is 1. The lowest BCUT2D eigenvalue weighted by Crippen LogP contribution is -2.40. The highest BCUT2D eigenvalue weighted by molar-refractivity contribution is 6.30. The van der Waals surface area contributed by atoms with E-state index in [0.717, 1.165) is 47.3 Å². The fraction of sp³-hybridized carbons (Fsp3) is 0.261. The van der Waals surface area contributed by atoms with Gasteiger partial charge in [-0.25, -0.2) is 0 Å². The fourth-order valence-electron chi connectivity index (χ4n) is 3.38. The topological polar surface area (TPSA) is 34.6 Å². The zero-order valence-electron chi connectivity index (χ0n) is 15.8. The SMILES string of the molecule is CCN(Cc1cncc(-c2ccc(Cl)cc2)c1)CC1COc2ccccc2O1. The number of nitrogens with zero attached hydrogens (tertiary/aromatic N) is 2. The van der Waals surface area contributed by atoms with Crippen LogP contribution in [-0.2, 0) is 6.54 Å². The van der Waals surface area contributed by atoms with Crippen molar-refractivity contribution in [3.8, 4) is 22.6 Å². The van der Waals surface area contributed by atoms with Crippen molar-refractivity contribution in [2.45, 2.75) is 19.6 Å². The number of hydrogen-bond acceptors (Lipinski definition) is 4. The van der Waals surface area contributed by atoms with E-state index in [1.54, 1.807) is 0 Å². The second-order valence-corrected chi connectivity index (χ2v) is 7.35. The molecule has 0 bridgehead atoms. The first-order chi connectivity index (χ1) is 13.7. The van der Waals surface area contributed by atoms with Gasteiger partial charge in [0.15, 0.2) is 11.5 Å². The van der Waals surface area contributed by atoms with E-state index in [1.165, 1.54) is 5.56 Å². The third-order valence-corrected chi connectivity index (χ3v) is 5.11. The fourth-order valence-corrected chi connectivity index (χ4v) is 3.50. The molecule has 0 fully saturated rings. The second kappa shape index (κ2) is 8.63. The summed E-state index contributed by atoms with van der Waals surface area (Å²) in [6.07, 6.45) is 3.83. The van der Waals surface area contributed by atoms with Crippen LogP contribution in [0.5, 0.6) is 11.5 Å². The number of likely N-dealkylation sites (N-methyl/N-ethyl adjacent to an activating group) is 1. The first-order valence-corrected chi connectivity index (χ1v) is 9.90. The van der Waals surface area contributed by atoms with Crippen LogP contribution in [0.4, 0.5) is 0 Å². The lowest BCUT2D eigenvalue weighted by Gasteiger charge is -2.30. The molecule has 2 aromatic carbocycles. The summed E-state index contributed by atoms with van der Waals surface area (Å²) in [7, 11) is 0. The van der Waals surface area contributed by atoms with E-state index in [-0.39, 0.29) is 6.10 Å². The van der Waals surface area contributed by atoms with Gasteiger partial charge in [0.05, 0.1) is 0 Å². The monoisotopic (exact) mass is 394 g/mol. The third kappa shape index (κ3) is 4.46. The summed E-state index contributed by atoms with van der Waals surface area (Å²) >= 11 is 6.00. The van der Waals surface area contributed by atoms with Gasteiger partial charge in [-0.05, 0) is 48.0 Å². The Morgan fingerprint density at radius 3 is 2.61 bits per heavy atom. The van der Waals surface area contributed by atoms with Gasteiger partial charge < -0.3 is 9.47 Å². The lowest BCUT2D eigenvalue weighted by molar-refractivity contribution is 0.0580. The van der Waals surface area contributed by atoms with Crippen molar-refractivity contribution in [3.05, 3.63) is 77.6 Å². The van der Waals surface area contributed by atoms with Gasteiger partial charge in [-0.2, -0.15) is 0 Å². The Kier molecular flexibility index (Phi) is 5.79. The Morgan fingerprint density at radius 2 is 1.82 bits per heavy atom. The van der Waals surface area contributed by atoms with Crippen molar-refractivity contribution in [2.75, 3.05) is 19.7 Å². The summed E-state index contributed by atoms with van der Waals surface area (Å²) < 4.78 is 12.0. The van der Waals surface area contributed by atoms with Gasteiger partial charge in [0, 0.05) is 36.1 Å². The largest absolute Gasteiger partial charge is 0.486 e. The van der Waals surface area contributed by atoms with Crippen LogP contribution in [-0.4, -0.2) is 35.7 Å². The maximum absolute atomic E-state index is 6.11. The number of ether oxygens (including phenoxy) is 2. The predicted molar refractivity (Wildman–Crippen MR) is 112 cm³/mol. The summed E-state index contributed by atoms with van der Waals surface area (Å²) in [4.78, 5) is 6.78. The molecule has 0 saturated heterocycles. The van der Waals surface area contributed by atoms with E-state index in [2.05, 4.69) is 22.9 Å². The summed E-state index contributed by atoms with van der Waals surface area (Å²) in [5.41, 5.74) is 3.38. The Hall–Kier alpha value is -2.56. The molecule has 0 saturated carbocycles. The molecule has 0 spiro atoms. The molecule has 1 unspecified atom stereocenters. The number of hydrogen-bond donors (Lipinski definition) is 0. The summed E-state index contributed by atoms with van der Waals surface area (Å²) in [6.45, 7) is 5.26. The Balaban J connectivity index is 1.43. The van der Waals surface area contributed by atoms with Gasteiger partial charge in [0.25, 0.3) is 0 Å². The molecule has 2 heterocycles. The first-order valence-electron chi connectivity index (χ1n) is 9.52. The normalized spacial score (nSPS) is 15.6. The number of benzene rings is 2. The molecule has 28 heavy (non-hydrogen) atoms. The molecule has 4 nitrogen and oxygen atoms in total. The van der Waals surface area contributed by atoms with Gasteiger partial charge in [-0.15, -0.1) is 0 Å². The minimum absolute atomic E-state index is 0.0160. The predicted octanol–water partition coefficient (Wildman–Crippen LogP) is 5.06. The number of para-hydroxylation sites is 2. The van der Waals surface area contributed by atoms with E-state index in [9.17, 15) is 0 Å². The highest BCUT2D eigenvalue weighted by Crippen LogP contribution is 2.31. The van der Waals surface area contributed by atoms with Crippen LogP contribution in [0.2, 0.25) is 5.02 Å². The average Bonchev–Trinajstić information content (AvgIpc) is 2.74. The van der Waals surface area contributed by atoms with Crippen LogP contribution in [0, 0.1) is 0 Å². The smallest absolute Gasteiger partial charge is 0.161 e. The molecule has 1 aliphatic heterocycles. The van der Waals surface area contributed by atoms with Crippen LogP contribution in [0.15, 0.2) is 67.0 Å². The quantitative estimate of drug-likeness (QED) is 0.585. The second-order valence-electron chi connectivity index (χ2n) is 6.91. The Bertz CT molecular complexity index is 930. The summed E-state index contributed by atoms with van der Waals surface area (Å²) in [5, 5.41) is 0.737. The van der Waals surface area contributed by atoms with Crippen molar-refractivity contribution in [1.29, 1.82) is 0 Å². The molecule has 4 rings (SSSR count). The zero-order valence-corrected chi connectivity index (χ0v) is 16.6. The summed E-state index contributed by atoms with van der Waals surface area (Å²) in [5.74, 6) is 1.64. The van der Waals surface area contributed by atoms with E-state index in [4.69, 9.17) is 21.1 Å². The first kappa shape index (κ1) is 18.8. The standard InChI is InChI=1S/C23H23ClN2O2/c1-2-26(15-21-16-27-22-5-3-4-6-23(22)28-21)14-17-11-19(13-25-12-17)18-7-9-20(24)10-8-18/h3-13,21H,2,14-16H2,1H3. The number of pyridine rings is 1. The van der Waals surface area contributed by atoms with E-state index < -0.39 is 0 Å². The highest BCUT2D eigenvalue weighted by Gasteiger charge is 2.22. The van der Waals surface area contributed by atoms with Gasteiger partial charge in [-0.1, -0.05) is 42.8 Å². The molecule has 3 aromatic rings. The number of fused-ring (bicyclic) bond motifs is 1. The van der Waals surface area contributed by atoms with Crippen LogP contribution in [0.25, 0.3) is 11.1 Å². The Labute approximate surface area is 170 Å². The summed E-state index contributed by atoms with van der Waals surface area (Å²) in [6, 6.07) is 17.9. The molecule has 1 aliphatic rings. The van der Waals surface area contributed by atoms with Gasteiger partial charge in [0.1, 0.15) is 12.7 Å². The molecule has 1 aromatic heterocycles. The molecule has 0 radical (unpaired) electrons. The molecule has 0 aliphatic carbocycles. The Morgan fingerprint density at radius 1 is 1.04 bits per heavy atom. The van der Waals surface area contributed by atoms with Crippen molar-refractivity contribution in [2.24, 2.45) is 0 Å². The van der Waals surface area contributed by atoms with Crippen LogP contribution >= 0.6 is 11.6 Å². The van der Waals surface area contributed by atoms with Gasteiger partial charge >= 0.3 is 0 Å². The average molecular weight is 395 g/mol. The maximum atomic E-state index is 6.11. The van der Waals surface area contributed by atoms with Crippen molar-refractivity contribution in [1.82, 2.24) is 9.88 Å². The van der Waals surface area contributed by atoms with E-state index >= 15 is 0 Å². The van der Waals surface area contributed by atoms with Crippen LogP contribution in [0.1, 0.15) is 12.5 Å². The van der Waals surface area contributed by atoms with Crippen LogP contribution < -0.4 is 9.47 Å². The van der Waals surface area contributed by atoms with Crippen molar-refractivity contribution >= 4 is 11.6 Å². The van der Waals surface area contributed by atoms with Crippen molar-refractivity contribution < 1.29 is 9.47 Å². The molecule has 0 N–H and O–H groups in total. The lowest BCUT2D eigenvalue weighted by atomic mass is 10.1. The molecule has 144 valence electrons. The third-order valence-electron chi connectivity index (χ3n) is 4.86. The molecular formula is C23H23ClN2O2. The number of rotatable bonds is 6. The van der Waals surface area contributed by atoms with E-state index in [0.29, 0.717) is 6.61 Å². The molecular weight excluding hydrogens is 372 g/mol. The van der Waals surface area contributed by atoms with Gasteiger partial charge in [0.2, 0.25) is 0 Å². The highest BCUT2D eigenvalue weighted by atomic mass is 35.5. The molecule has 5 heteroatoms. The maximum Gasteiger partial charge on any atom is 0.161 e. The van der Waals surface area contributed by atoms with Gasteiger partial charge in [-0.3, -0.25) is 9.88 Å². The van der Waals surface area contributed by atoms with Crippen LogP contribution in [0.3, 0.4) is 0 Å².